The molecule has 122 valence electrons. The van der Waals surface area contributed by atoms with Crippen molar-refractivity contribution in [2.45, 2.75) is 58.0 Å². The summed E-state index contributed by atoms with van der Waals surface area (Å²) >= 11 is 0. The zero-order chi connectivity index (χ0) is 16.5. The van der Waals surface area contributed by atoms with E-state index in [1.807, 2.05) is 13.8 Å². The number of hydrogen-bond acceptors (Lipinski definition) is 4. The van der Waals surface area contributed by atoms with Crippen LogP contribution in [-0.4, -0.2) is 45.4 Å². The second-order valence-electron chi connectivity index (χ2n) is 5.00. The van der Waals surface area contributed by atoms with Crippen molar-refractivity contribution < 1.29 is 34.4 Å². The molecule has 2 atom stereocenters. The average molecular weight is 304 g/mol. The van der Waals surface area contributed by atoms with Crippen molar-refractivity contribution in [3.63, 3.8) is 0 Å². The van der Waals surface area contributed by atoms with Gasteiger partial charge in [0.15, 0.2) is 5.60 Å². The zero-order valence-corrected chi connectivity index (χ0v) is 12.5. The van der Waals surface area contributed by atoms with Gasteiger partial charge in [-0.25, -0.2) is 4.79 Å². The molecule has 0 saturated carbocycles. The van der Waals surface area contributed by atoms with Gasteiger partial charge in [0, 0.05) is 6.61 Å². The van der Waals surface area contributed by atoms with Crippen LogP contribution >= 0.6 is 0 Å². The monoisotopic (exact) mass is 304 g/mol. The van der Waals surface area contributed by atoms with Gasteiger partial charge in [-0.15, -0.1) is 0 Å². The highest BCUT2D eigenvalue weighted by molar-refractivity contribution is 5.90. The molecule has 0 rings (SSSR count). The Morgan fingerprint density at radius 1 is 1.05 bits per heavy atom. The molecule has 0 saturated heterocycles. The fraction of sp³-hybridized carbons (Fsp3) is 0.786. The predicted molar refractivity (Wildman–Crippen MR) is 74.1 cm³/mol. The van der Waals surface area contributed by atoms with Gasteiger partial charge in [-0.05, 0) is 12.8 Å². The maximum atomic E-state index is 11.6. The summed E-state index contributed by atoms with van der Waals surface area (Å²) in [5.74, 6) is -5.66. The van der Waals surface area contributed by atoms with Crippen molar-refractivity contribution >= 4 is 17.9 Å². The third-order valence-electron chi connectivity index (χ3n) is 3.34. The summed E-state index contributed by atoms with van der Waals surface area (Å²) in [6, 6.07) is 0. The molecule has 0 radical (unpaired) electrons. The molecule has 3 N–H and O–H groups in total. The number of rotatable bonds is 12. The second kappa shape index (κ2) is 9.33. The fourth-order valence-corrected chi connectivity index (χ4v) is 2.15. The van der Waals surface area contributed by atoms with Crippen LogP contribution in [0.1, 0.15) is 52.4 Å². The Balaban J connectivity index is 5.49. The third kappa shape index (κ3) is 5.71. The number of carbonyl (C=O) groups is 3. The molecule has 0 fully saturated rings. The van der Waals surface area contributed by atoms with E-state index in [2.05, 4.69) is 0 Å². The minimum atomic E-state index is -2.22. The van der Waals surface area contributed by atoms with Crippen LogP contribution < -0.4 is 0 Å². The Labute approximate surface area is 123 Å². The van der Waals surface area contributed by atoms with Crippen molar-refractivity contribution in [3.8, 4) is 0 Å². The Hall–Kier alpha value is -1.63. The van der Waals surface area contributed by atoms with Crippen LogP contribution in [0.4, 0.5) is 0 Å². The number of carboxylic acid groups (broad SMARTS) is 3. The van der Waals surface area contributed by atoms with Crippen LogP contribution in [0.25, 0.3) is 0 Å². The summed E-state index contributed by atoms with van der Waals surface area (Å²) in [5, 5.41) is 27.7. The van der Waals surface area contributed by atoms with Crippen LogP contribution in [0.3, 0.4) is 0 Å². The lowest BCUT2D eigenvalue weighted by molar-refractivity contribution is -0.189. The van der Waals surface area contributed by atoms with Crippen molar-refractivity contribution in [3.05, 3.63) is 0 Å². The van der Waals surface area contributed by atoms with Gasteiger partial charge in [0.1, 0.15) is 0 Å². The van der Waals surface area contributed by atoms with Gasteiger partial charge >= 0.3 is 17.9 Å². The fourth-order valence-electron chi connectivity index (χ4n) is 2.15. The third-order valence-corrected chi connectivity index (χ3v) is 3.34. The molecule has 0 aliphatic heterocycles. The van der Waals surface area contributed by atoms with Crippen LogP contribution in [-0.2, 0) is 19.1 Å². The van der Waals surface area contributed by atoms with Gasteiger partial charge in [0.05, 0.1) is 12.3 Å². The lowest BCUT2D eigenvalue weighted by Gasteiger charge is -2.33. The molecular weight excluding hydrogens is 280 g/mol. The first-order valence-electron chi connectivity index (χ1n) is 7.13. The highest BCUT2D eigenvalue weighted by Gasteiger charge is 2.52. The van der Waals surface area contributed by atoms with E-state index in [9.17, 15) is 24.6 Å². The molecule has 0 aromatic rings. The summed E-state index contributed by atoms with van der Waals surface area (Å²) in [5.41, 5.74) is -2.22. The van der Waals surface area contributed by atoms with Crippen LogP contribution in [0.2, 0.25) is 0 Å². The second-order valence-corrected chi connectivity index (χ2v) is 5.00. The van der Waals surface area contributed by atoms with E-state index < -0.39 is 35.8 Å². The molecule has 0 aliphatic carbocycles. The lowest BCUT2D eigenvalue weighted by Crippen LogP contribution is -2.53. The lowest BCUT2D eigenvalue weighted by atomic mass is 9.80. The van der Waals surface area contributed by atoms with Crippen molar-refractivity contribution in [1.29, 1.82) is 0 Å². The first-order valence-corrected chi connectivity index (χ1v) is 7.13. The molecule has 0 amide bonds. The summed E-state index contributed by atoms with van der Waals surface area (Å²) in [6.07, 6.45) is 1.64. The molecular formula is C14H24O7. The van der Waals surface area contributed by atoms with E-state index in [1.165, 1.54) is 0 Å². The van der Waals surface area contributed by atoms with E-state index in [0.29, 0.717) is 19.3 Å². The molecule has 0 aliphatic rings. The summed E-state index contributed by atoms with van der Waals surface area (Å²) in [4.78, 5) is 34.1. The molecule has 0 aromatic carbocycles. The first-order chi connectivity index (χ1) is 9.81. The van der Waals surface area contributed by atoms with Gasteiger partial charge in [-0.1, -0.05) is 33.1 Å². The number of hydrogen-bond donors (Lipinski definition) is 3. The molecule has 0 aromatic heterocycles. The van der Waals surface area contributed by atoms with Crippen LogP contribution in [0.5, 0.6) is 0 Å². The molecule has 7 nitrogen and oxygen atoms in total. The molecule has 0 spiro atoms. The van der Waals surface area contributed by atoms with Gasteiger partial charge < -0.3 is 20.1 Å². The molecule has 7 heteroatoms. The predicted octanol–water partition coefficient (Wildman–Crippen LogP) is 1.99. The van der Waals surface area contributed by atoms with E-state index in [1.54, 1.807) is 0 Å². The minimum Gasteiger partial charge on any atom is -0.481 e. The highest BCUT2D eigenvalue weighted by atomic mass is 16.5. The highest BCUT2D eigenvalue weighted by Crippen LogP contribution is 2.32. The van der Waals surface area contributed by atoms with E-state index in [-0.39, 0.29) is 13.0 Å². The number of ether oxygens (including phenoxy) is 1. The topological polar surface area (TPSA) is 121 Å². The largest absolute Gasteiger partial charge is 0.481 e. The SMILES string of the molecule is CCCCOC(CC(=O)O)(C(=O)O)C(CCCC)C(=O)O. The molecule has 0 heterocycles. The Morgan fingerprint density at radius 2 is 1.62 bits per heavy atom. The summed E-state index contributed by atoms with van der Waals surface area (Å²) < 4.78 is 5.30. The quantitative estimate of drug-likeness (QED) is 0.471. The molecule has 0 bridgehead atoms. The summed E-state index contributed by atoms with van der Waals surface area (Å²) in [7, 11) is 0. The first kappa shape index (κ1) is 19.4. The van der Waals surface area contributed by atoms with Crippen LogP contribution in [0, 0.1) is 5.92 Å². The normalized spacial score (nSPS) is 15.1. The molecule has 2 unspecified atom stereocenters. The van der Waals surface area contributed by atoms with E-state index in [4.69, 9.17) is 9.84 Å². The maximum Gasteiger partial charge on any atom is 0.337 e. The van der Waals surface area contributed by atoms with Gasteiger partial charge in [-0.3, -0.25) is 9.59 Å². The standard InChI is InChI=1S/C14H24O7/c1-3-5-7-10(12(17)18)14(13(19)20,9-11(15)16)21-8-6-4-2/h10H,3-9H2,1-2H3,(H,15,16)(H,17,18)(H,19,20). The smallest absolute Gasteiger partial charge is 0.337 e. The Morgan fingerprint density at radius 3 is 2.00 bits per heavy atom. The Bertz CT molecular complexity index is 366. The van der Waals surface area contributed by atoms with Crippen molar-refractivity contribution in [1.82, 2.24) is 0 Å². The maximum absolute atomic E-state index is 11.6. The van der Waals surface area contributed by atoms with E-state index in [0.717, 1.165) is 6.42 Å². The van der Waals surface area contributed by atoms with Gasteiger partial charge in [-0.2, -0.15) is 0 Å². The van der Waals surface area contributed by atoms with Crippen molar-refractivity contribution in [2.24, 2.45) is 5.92 Å². The van der Waals surface area contributed by atoms with Crippen LogP contribution in [0.15, 0.2) is 0 Å². The molecule has 21 heavy (non-hydrogen) atoms. The van der Waals surface area contributed by atoms with Gasteiger partial charge in [0.25, 0.3) is 0 Å². The zero-order valence-electron chi connectivity index (χ0n) is 12.5. The van der Waals surface area contributed by atoms with Gasteiger partial charge in [0.2, 0.25) is 0 Å². The Kier molecular flexibility index (Phi) is 8.61. The van der Waals surface area contributed by atoms with Crippen molar-refractivity contribution in [2.75, 3.05) is 6.61 Å². The minimum absolute atomic E-state index is 0.0198. The average Bonchev–Trinajstić information content (AvgIpc) is 2.37. The number of aliphatic carboxylic acids is 3. The van der Waals surface area contributed by atoms with E-state index >= 15 is 0 Å². The number of carboxylic acids is 3. The number of unbranched alkanes of at least 4 members (excludes halogenated alkanes) is 2. The summed E-state index contributed by atoms with van der Waals surface area (Å²) in [6.45, 7) is 3.73.